The fraction of sp³-hybridized carbons (Fsp3) is 0.538. The minimum Gasteiger partial charge on any atom is -0.324 e. The number of pyridine rings is 1. The lowest BCUT2D eigenvalue weighted by atomic mass is 9.89. The molecule has 2 atom stereocenters. The summed E-state index contributed by atoms with van der Waals surface area (Å²) < 4.78 is 0. The third-order valence-corrected chi connectivity index (χ3v) is 3.86. The van der Waals surface area contributed by atoms with Crippen molar-refractivity contribution in [1.82, 2.24) is 9.88 Å². The SMILES string of the molecule is C[C@H]1CCN(C(=O)Nc2ccncc2[N+](=O)[O-])C[C@@H]1C. The number of urea groups is 1. The Bertz CT molecular complexity index is 520. The smallest absolute Gasteiger partial charge is 0.322 e. The Kier molecular flexibility index (Phi) is 4.16. The Morgan fingerprint density at radius 1 is 1.50 bits per heavy atom. The summed E-state index contributed by atoms with van der Waals surface area (Å²) >= 11 is 0. The number of nitrogens with zero attached hydrogens (tertiary/aromatic N) is 3. The van der Waals surface area contributed by atoms with Crippen LogP contribution in [0.3, 0.4) is 0 Å². The molecule has 2 heterocycles. The van der Waals surface area contributed by atoms with Crippen LogP contribution in [-0.2, 0) is 0 Å². The number of hydrogen-bond donors (Lipinski definition) is 1. The lowest BCUT2D eigenvalue weighted by molar-refractivity contribution is -0.384. The van der Waals surface area contributed by atoms with Gasteiger partial charge in [-0.2, -0.15) is 0 Å². The average Bonchev–Trinajstić information content (AvgIpc) is 2.42. The first-order valence-electron chi connectivity index (χ1n) is 6.63. The molecule has 2 rings (SSSR count). The van der Waals surface area contributed by atoms with Crippen molar-refractivity contribution in [2.45, 2.75) is 20.3 Å². The van der Waals surface area contributed by atoms with E-state index in [1.54, 1.807) is 4.90 Å². The van der Waals surface area contributed by atoms with Gasteiger partial charge >= 0.3 is 11.7 Å². The van der Waals surface area contributed by atoms with Crippen molar-refractivity contribution in [2.24, 2.45) is 11.8 Å². The van der Waals surface area contributed by atoms with E-state index in [1.807, 2.05) is 0 Å². The van der Waals surface area contributed by atoms with Gasteiger partial charge in [-0.25, -0.2) is 4.79 Å². The van der Waals surface area contributed by atoms with Crippen LogP contribution in [0.1, 0.15) is 20.3 Å². The molecule has 7 nitrogen and oxygen atoms in total. The zero-order valence-electron chi connectivity index (χ0n) is 11.6. The molecule has 1 aliphatic rings. The van der Waals surface area contributed by atoms with E-state index in [4.69, 9.17) is 0 Å². The Labute approximate surface area is 117 Å². The van der Waals surface area contributed by atoms with E-state index >= 15 is 0 Å². The fourth-order valence-electron chi connectivity index (χ4n) is 2.28. The highest BCUT2D eigenvalue weighted by Crippen LogP contribution is 2.25. The Morgan fingerprint density at radius 2 is 2.25 bits per heavy atom. The van der Waals surface area contributed by atoms with Gasteiger partial charge in [-0.15, -0.1) is 0 Å². The fourth-order valence-corrected chi connectivity index (χ4v) is 2.28. The highest BCUT2D eigenvalue weighted by Gasteiger charge is 2.27. The van der Waals surface area contributed by atoms with Crippen molar-refractivity contribution in [3.8, 4) is 0 Å². The van der Waals surface area contributed by atoms with E-state index in [0.29, 0.717) is 24.9 Å². The van der Waals surface area contributed by atoms with Gasteiger partial charge in [0.15, 0.2) is 0 Å². The van der Waals surface area contributed by atoms with Crippen LogP contribution in [0.4, 0.5) is 16.2 Å². The number of amides is 2. The first kappa shape index (κ1) is 14.2. The number of aromatic nitrogens is 1. The summed E-state index contributed by atoms with van der Waals surface area (Å²) in [6, 6.07) is 1.14. The molecule has 0 radical (unpaired) electrons. The van der Waals surface area contributed by atoms with Gasteiger partial charge in [-0.1, -0.05) is 13.8 Å². The van der Waals surface area contributed by atoms with Gasteiger partial charge in [0.05, 0.1) is 4.92 Å². The third-order valence-electron chi connectivity index (χ3n) is 3.86. The summed E-state index contributed by atoms with van der Waals surface area (Å²) in [6.45, 7) is 5.63. The molecule has 108 valence electrons. The normalized spacial score (nSPS) is 22.4. The molecular formula is C13H18N4O3. The number of rotatable bonds is 2. The number of carbonyl (C=O) groups is 1. The van der Waals surface area contributed by atoms with Gasteiger partial charge in [0.25, 0.3) is 0 Å². The van der Waals surface area contributed by atoms with Crippen molar-refractivity contribution in [3.05, 3.63) is 28.6 Å². The molecule has 0 aromatic carbocycles. The third kappa shape index (κ3) is 3.04. The van der Waals surface area contributed by atoms with Crippen molar-refractivity contribution >= 4 is 17.4 Å². The zero-order chi connectivity index (χ0) is 14.7. The molecule has 0 bridgehead atoms. The first-order valence-corrected chi connectivity index (χ1v) is 6.63. The second-order valence-electron chi connectivity index (χ2n) is 5.27. The summed E-state index contributed by atoms with van der Waals surface area (Å²) in [7, 11) is 0. The van der Waals surface area contributed by atoms with Crippen LogP contribution in [0.25, 0.3) is 0 Å². The van der Waals surface area contributed by atoms with Crippen LogP contribution in [0.15, 0.2) is 18.5 Å². The molecule has 1 N–H and O–H groups in total. The summed E-state index contributed by atoms with van der Waals surface area (Å²) in [5, 5.41) is 13.5. The van der Waals surface area contributed by atoms with Crippen LogP contribution in [0.5, 0.6) is 0 Å². The second-order valence-corrected chi connectivity index (χ2v) is 5.27. The maximum atomic E-state index is 12.2. The number of nitro groups is 1. The van der Waals surface area contributed by atoms with Crippen molar-refractivity contribution in [2.75, 3.05) is 18.4 Å². The number of piperidine rings is 1. The number of nitrogens with one attached hydrogen (secondary N) is 1. The van der Waals surface area contributed by atoms with E-state index < -0.39 is 4.92 Å². The quantitative estimate of drug-likeness (QED) is 0.665. The highest BCUT2D eigenvalue weighted by molar-refractivity contribution is 5.91. The molecule has 20 heavy (non-hydrogen) atoms. The summed E-state index contributed by atoms with van der Waals surface area (Å²) in [6.07, 6.45) is 3.51. The van der Waals surface area contributed by atoms with Crippen LogP contribution in [-0.4, -0.2) is 33.9 Å². The van der Waals surface area contributed by atoms with Crippen LogP contribution >= 0.6 is 0 Å². The molecule has 0 aliphatic carbocycles. The predicted molar refractivity (Wildman–Crippen MR) is 74.4 cm³/mol. The largest absolute Gasteiger partial charge is 0.324 e. The van der Waals surface area contributed by atoms with Gasteiger partial charge in [0.1, 0.15) is 11.9 Å². The molecule has 0 spiro atoms. The van der Waals surface area contributed by atoms with Crippen molar-refractivity contribution < 1.29 is 9.72 Å². The maximum Gasteiger partial charge on any atom is 0.322 e. The minimum atomic E-state index is -0.552. The molecule has 0 unspecified atom stereocenters. The van der Waals surface area contributed by atoms with Crippen molar-refractivity contribution in [3.63, 3.8) is 0 Å². The van der Waals surface area contributed by atoms with Crippen LogP contribution in [0.2, 0.25) is 0 Å². The lowest BCUT2D eigenvalue weighted by Crippen LogP contribution is -2.44. The van der Waals surface area contributed by atoms with Gasteiger partial charge < -0.3 is 10.2 Å². The molecule has 2 amide bonds. The molecular weight excluding hydrogens is 260 g/mol. The van der Waals surface area contributed by atoms with E-state index in [-0.39, 0.29) is 17.4 Å². The molecule has 1 fully saturated rings. The summed E-state index contributed by atoms with van der Waals surface area (Å²) in [5.41, 5.74) is -0.0134. The predicted octanol–water partition coefficient (Wildman–Crippen LogP) is 2.50. The van der Waals surface area contributed by atoms with Crippen molar-refractivity contribution in [1.29, 1.82) is 0 Å². The molecule has 7 heteroatoms. The number of carbonyl (C=O) groups excluding carboxylic acids is 1. The average molecular weight is 278 g/mol. The standard InChI is InChI=1S/C13H18N4O3/c1-9-4-6-16(8-10(9)2)13(18)15-11-3-5-14-7-12(11)17(19)20/h3,5,7,9-10H,4,6,8H2,1-2H3,(H,14,15,18)/t9-,10-/m0/s1. The summed E-state index contributed by atoms with van der Waals surface area (Å²) in [4.78, 5) is 27.9. The maximum absolute atomic E-state index is 12.2. The molecule has 0 saturated carbocycles. The topological polar surface area (TPSA) is 88.4 Å². The molecule has 1 saturated heterocycles. The van der Waals surface area contributed by atoms with E-state index in [0.717, 1.165) is 12.6 Å². The number of hydrogen-bond acceptors (Lipinski definition) is 4. The lowest BCUT2D eigenvalue weighted by Gasteiger charge is -2.35. The minimum absolute atomic E-state index is 0.182. The van der Waals surface area contributed by atoms with E-state index in [2.05, 4.69) is 24.1 Å². The number of likely N-dealkylation sites (tertiary alicyclic amines) is 1. The second kappa shape index (κ2) is 5.85. The Morgan fingerprint density at radius 3 is 2.90 bits per heavy atom. The van der Waals surface area contributed by atoms with Crippen LogP contribution < -0.4 is 5.32 Å². The molecule has 1 aromatic rings. The van der Waals surface area contributed by atoms with Gasteiger partial charge in [-0.05, 0) is 24.3 Å². The van der Waals surface area contributed by atoms with Gasteiger partial charge in [-0.3, -0.25) is 15.1 Å². The van der Waals surface area contributed by atoms with Gasteiger partial charge in [0.2, 0.25) is 0 Å². The zero-order valence-corrected chi connectivity index (χ0v) is 11.6. The molecule has 1 aliphatic heterocycles. The van der Waals surface area contributed by atoms with E-state index in [9.17, 15) is 14.9 Å². The van der Waals surface area contributed by atoms with E-state index in [1.165, 1.54) is 12.3 Å². The Hall–Kier alpha value is -2.18. The first-order chi connectivity index (χ1) is 9.49. The van der Waals surface area contributed by atoms with Crippen LogP contribution in [0, 0.1) is 22.0 Å². The molecule has 1 aromatic heterocycles. The summed E-state index contributed by atoms with van der Waals surface area (Å²) in [5.74, 6) is 1.02. The Balaban J connectivity index is 2.07. The monoisotopic (exact) mass is 278 g/mol. The number of anilines is 1. The highest BCUT2D eigenvalue weighted by atomic mass is 16.6. The van der Waals surface area contributed by atoms with Gasteiger partial charge in [0, 0.05) is 19.3 Å².